The first-order valence-electron chi connectivity index (χ1n) is 4.96. The fourth-order valence-corrected chi connectivity index (χ4v) is 1.34. The lowest BCUT2D eigenvalue weighted by Crippen LogP contribution is -1.81. The van der Waals surface area contributed by atoms with E-state index in [-0.39, 0.29) is 0 Å². The molecular formula is C14H12N. The van der Waals surface area contributed by atoms with E-state index in [1.165, 1.54) is 11.1 Å². The number of nitrogens with zero attached hydrogens (tertiary/aromatic N) is 1. The summed E-state index contributed by atoms with van der Waals surface area (Å²) in [6.07, 6.45) is 9.72. The molecule has 2 aromatic rings. The average Bonchev–Trinajstić information content (AvgIpc) is 2.32. The molecule has 1 aromatic heterocycles. The van der Waals surface area contributed by atoms with E-state index in [9.17, 15) is 0 Å². The van der Waals surface area contributed by atoms with Crippen molar-refractivity contribution in [2.75, 3.05) is 0 Å². The van der Waals surface area contributed by atoms with Crippen molar-refractivity contribution in [3.63, 3.8) is 0 Å². The molecule has 1 aromatic carbocycles. The smallest absolute Gasteiger partial charge is 0.0303 e. The molecule has 0 saturated heterocycles. The summed E-state index contributed by atoms with van der Waals surface area (Å²) in [5.74, 6) is 0. The Hall–Kier alpha value is -1.89. The van der Waals surface area contributed by atoms with Gasteiger partial charge in [0.15, 0.2) is 0 Å². The molecule has 2 rings (SSSR count). The summed E-state index contributed by atoms with van der Waals surface area (Å²) in [5.41, 5.74) is 2.37. The van der Waals surface area contributed by atoms with Crippen molar-refractivity contribution in [3.05, 3.63) is 72.1 Å². The zero-order chi connectivity index (χ0) is 10.3. The maximum Gasteiger partial charge on any atom is 0.0303 e. The average molecular weight is 194 g/mol. The number of hydrogen-bond acceptors (Lipinski definition) is 1. The van der Waals surface area contributed by atoms with E-state index >= 15 is 0 Å². The first kappa shape index (κ1) is 9.66. The summed E-state index contributed by atoms with van der Waals surface area (Å²) in [5, 5.41) is 0. The normalized spacial score (nSPS) is 10.7. The first-order chi connectivity index (χ1) is 7.45. The minimum Gasteiger partial charge on any atom is -0.264 e. The molecule has 0 aliphatic carbocycles. The SMILES string of the molecule is [C](=Cc1ccccc1)Cc1cccnc1. The Bertz CT molecular complexity index is 418. The van der Waals surface area contributed by atoms with Crippen LogP contribution in [-0.4, -0.2) is 4.98 Å². The molecule has 0 aliphatic heterocycles. The Kier molecular flexibility index (Phi) is 3.29. The fraction of sp³-hybridized carbons (Fsp3) is 0.0714. The maximum atomic E-state index is 4.06. The van der Waals surface area contributed by atoms with Crippen LogP contribution < -0.4 is 0 Å². The monoisotopic (exact) mass is 194 g/mol. The molecule has 1 radical (unpaired) electrons. The van der Waals surface area contributed by atoms with Crippen molar-refractivity contribution in [3.8, 4) is 0 Å². The minimum atomic E-state index is 0.808. The molecule has 0 spiro atoms. The molecule has 0 unspecified atom stereocenters. The number of pyridine rings is 1. The van der Waals surface area contributed by atoms with Crippen LogP contribution in [0.5, 0.6) is 0 Å². The van der Waals surface area contributed by atoms with Gasteiger partial charge in [0.25, 0.3) is 0 Å². The van der Waals surface area contributed by atoms with Crippen molar-refractivity contribution in [2.45, 2.75) is 6.42 Å². The van der Waals surface area contributed by atoms with Gasteiger partial charge >= 0.3 is 0 Å². The summed E-state index contributed by atoms with van der Waals surface area (Å²) < 4.78 is 0. The lowest BCUT2D eigenvalue weighted by molar-refractivity contribution is 1.17. The summed E-state index contributed by atoms with van der Waals surface area (Å²) in [6, 6.07) is 14.2. The standard InChI is InChI=1S/C14H12N/c1-2-6-13(7-3-1)8-4-9-14-10-5-11-15-12-14/h1-3,5-8,10-12H,9H2. The second-order valence-electron chi connectivity index (χ2n) is 3.30. The third kappa shape index (κ3) is 3.06. The summed E-state index contributed by atoms with van der Waals surface area (Å²) in [7, 11) is 0. The molecule has 1 nitrogen and oxygen atoms in total. The van der Waals surface area contributed by atoms with Crippen LogP contribution in [0.1, 0.15) is 11.1 Å². The zero-order valence-electron chi connectivity index (χ0n) is 8.43. The molecule has 0 amide bonds. The maximum absolute atomic E-state index is 4.06. The lowest BCUT2D eigenvalue weighted by atomic mass is 10.1. The Labute approximate surface area is 90.1 Å². The van der Waals surface area contributed by atoms with Crippen LogP contribution >= 0.6 is 0 Å². The minimum absolute atomic E-state index is 0.808. The second kappa shape index (κ2) is 5.11. The number of hydrogen-bond donors (Lipinski definition) is 0. The fourth-order valence-electron chi connectivity index (χ4n) is 1.34. The third-order valence-corrected chi connectivity index (χ3v) is 2.10. The molecular weight excluding hydrogens is 182 g/mol. The van der Waals surface area contributed by atoms with Gasteiger partial charge in [0.2, 0.25) is 0 Å². The van der Waals surface area contributed by atoms with Gasteiger partial charge in [-0.15, -0.1) is 0 Å². The molecule has 15 heavy (non-hydrogen) atoms. The van der Waals surface area contributed by atoms with E-state index in [0.717, 1.165) is 6.42 Å². The van der Waals surface area contributed by atoms with Gasteiger partial charge in [-0.25, -0.2) is 0 Å². The van der Waals surface area contributed by atoms with E-state index < -0.39 is 0 Å². The van der Waals surface area contributed by atoms with E-state index in [2.05, 4.69) is 29.3 Å². The van der Waals surface area contributed by atoms with Gasteiger partial charge in [-0.05, 0) is 29.7 Å². The van der Waals surface area contributed by atoms with Crippen LogP contribution in [0.2, 0.25) is 0 Å². The second-order valence-corrected chi connectivity index (χ2v) is 3.30. The molecule has 0 N–H and O–H groups in total. The van der Waals surface area contributed by atoms with Crippen LogP contribution in [0.25, 0.3) is 6.08 Å². The van der Waals surface area contributed by atoms with Crippen LogP contribution in [0.15, 0.2) is 54.9 Å². The predicted molar refractivity (Wildman–Crippen MR) is 62.1 cm³/mol. The number of benzene rings is 1. The van der Waals surface area contributed by atoms with Gasteiger partial charge in [0.05, 0.1) is 0 Å². The highest BCUT2D eigenvalue weighted by Gasteiger charge is 1.87. The Morgan fingerprint density at radius 2 is 1.93 bits per heavy atom. The third-order valence-electron chi connectivity index (χ3n) is 2.10. The largest absolute Gasteiger partial charge is 0.264 e. The quantitative estimate of drug-likeness (QED) is 0.731. The predicted octanol–water partition coefficient (Wildman–Crippen LogP) is 3.14. The highest BCUT2D eigenvalue weighted by Crippen LogP contribution is 2.03. The zero-order valence-corrected chi connectivity index (χ0v) is 8.43. The number of allylic oxidation sites excluding steroid dienone is 1. The van der Waals surface area contributed by atoms with E-state index in [4.69, 9.17) is 0 Å². The molecule has 0 bridgehead atoms. The highest BCUT2D eigenvalue weighted by molar-refractivity contribution is 5.47. The molecule has 0 atom stereocenters. The van der Waals surface area contributed by atoms with E-state index in [1.54, 1.807) is 6.20 Å². The van der Waals surface area contributed by atoms with Gasteiger partial charge in [0.1, 0.15) is 0 Å². The Morgan fingerprint density at radius 1 is 1.07 bits per heavy atom. The van der Waals surface area contributed by atoms with Gasteiger partial charge in [0, 0.05) is 12.4 Å². The topological polar surface area (TPSA) is 12.9 Å². The molecule has 1 heteroatoms. The lowest BCUT2D eigenvalue weighted by Gasteiger charge is -1.93. The van der Waals surface area contributed by atoms with Gasteiger partial charge in [-0.1, -0.05) is 42.5 Å². The molecule has 73 valence electrons. The van der Waals surface area contributed by atoms with E-state index in [0.29, 0.717) is 0 Å². The summed E-state index contributed by atoms with van der Waals surface area (Å²) in [6.45, 7) is 0. The van der Waals surface area contributed by atoms with E-state index in [1.807, 2.05) is 36.5 Å². The van der Waals surface area contributed by atoms with Crippen molar-refractivity contribution in [2.24, 2.45) is 0 Å². The van der Waals surface area contributed by atoms with Crippen molar-refractivity contribution in [1.29, 1.82) is 0 Å². The summed E-state index contributed by atoms with van der Waals surface area (Å²) in [4.78, 5) is 4.06. The van der Waals surface area contributed by atoms with Gasteiger partial charge < -0.3 is 0 Å². The Balaban J connectivity index is 1.97. The molecule has 0 fully saturated rings. The highest BCUT2D eigenvalue weighted by atomic mass is 14.6. The molecule has 1 heterocycles. The first-order valence-corrected chi connectivity index (χ1v) is 4.96. The van der Waals surface area contributed by atoms with Crippen LogP contribution in [0.4, 0.5) is 0 Å². The van der Waals surface area contributed by atoms with Crippen molar-refractivity contribution < 1.29 is 0 Å². The Morgan fingerprint density at radius 3 is 2.67 bits per heavy atom. The number of aromatic nitrogens is 1. The van der Waals surface area contributed by atoms with Gasteiger partial charge in [-0.2, -0.15) is 0 Å². The van der Waals surface area contributed by atoms with Crippen LogP contribution in [0.3, 0.4) is 0 Å². The van der Waals surface area contributed by atoms with Crippen LogP contribution in [0, 0.1) is 6.08 Å². The molecule has 0 saturated carbocycles. The van der Waals surface area contributed by atoms with Crippen LogP contribution in [-0.2, 0) is 6.42 Å². The summed E-state index contributed by atoms with van der Waals surface area (Å²) >= 11 is 0. The van der Waals surface area contributed by atoms with Crippen molar-refractivity contribution >= 4 is 6.08 Å². The van der Waals surface area contributed by atoms with Gasteiger partial charge in [-0.3, -0.25) is 4.98 Å². The molecule has 0 aliphatic rings. The van der Waals surface area contributed by atoms with Crippen molar-refractivity contribution in [1.82, 2.24) is 4.98 Å². The number of rotatable bonds is 3.